The third-order valence-corrected chi connectivity index (χ3v) is 3.55. The van der Waals surface area contributed by atoms with Crippen LogP contribution in [0.1, 0.15) is 18.9 Å². The van der Waals surface area contributed by atoms with Crippen LogP contribution in [-0.2, 0) is 4.79 Å². The van der Waals surface area contributed by atoms with E-state index in [1.165, 1.54) is 0 Å². The quantitative estimate of drug-likeness (QED) is 0.897. The molecule has 0 bridgehead atoms. The number of hydrogen-bond acceptors (Lipinski definition) is 2. The Morgan fingerprint density at radius 3 is 2.88 bits per heavy atom. The SMILES string of the molecule is CCN1CC(Nc2ccc(C)c(Cl)c2)CC1=O. The molecule has 0 radical (unpaired) electrons. The summed E-state index contributed by atoms with van der Waals surface area (Å²) < 4.78 is 0. The van der Waals surface area contributed by atoms with Gasteiger partial charge in [-0.3, -0.25) is 4.79 Å². The van der Waals surface area contributed by atoms with Crippen molar-refractivity contribution in [2.75, 3.05) is 18.4 Å². The Morgan fingerprint density at radius 1 is 1.53 bits per heavy atom. The van der Waals surface area contributed by atoms with Gasteiger partial charge in [0.1, 0.15) is 0 Å². The summed E-state index contributed by atoms with van der Waals surface area (Å²) in [6.45, 7) is 5.54. The highest BCUT2D eigenvalue weighted by atomic mass is 35.5. The van der Waals surface area contributed by atoms with Crippen LogP contribution in [0.15, 0.2) is 18.2 Å². The second-order valence-corrected chi connectivity index (χ2v) is 4.85. The largest absolute Gasteiger partial charge is 0.380 e. The summed E-state index contributed by atoms with van der Waals surface area (Å²) in [6, 6.07) is 6.09. The lowest BCUT2D eigenvalue weighted by Gasteiger charge is -2.16. The Morgan fingerprint density at radius 2 is 2.29 bits per heavy atom. The number of nitrogens with one attached hydrogen (secondary N) is 1. The van der Waals surface area contributed by atoms with Crippen molar-refractivity contribution < 1.29 is 4.79 Å². The van der Waals surface area contributed by atoms with Crippen LogP contribution in [-0.4, -0.2) is 29.9 Å². The predicted octanol–water partition coefficient (Wildman–Crippen LogP) is 2.68. The van der Waals surface area contributed by atoms with E-state index < -0.39 is 0 Å². The number of aryl methyl sites for hydroxylation is 1. The Hall–Kier alpha value is -1.22. The highest BCUT2D eigenvalue weighted by molar-refractivity contribution is 6.31. The lowest BCUT2D eigenvalue weighted by atomic mass is 10.2. The van der Waals surface area contributed by atoms with Crippen molar-refractivity contribution in [3.8, 4) is 0 Å². The van der Waals surface area contributed by atoms with Crippen LogP contribution < -0.4 is 5.32 Å². The maximum atomic E-state index is 11.6. The van der Waals surface area contributed by atoms with E-state index in [2.05, 4.69) is 5.32 Å². The molecule has 1 fully saturated rings. The number of rotatable bonds is 3. The molecule has 4 heteroatoms. The molecule has 0 saturated carbocycles. The third-order valence-electron chi connectivity index (χ3n) is 3.14. The molecule has 1 heterocycles. The van der Waals surface area contributed by atoms with Crippen LogP contribution in [0.5, 0.6) is 0 Å². The van der Waals surface area contributed by atoms with Crippen LogP contribution in [0.3, 0.4) is 0 Å². The number of likely N-dealkylation sites (tertiary alicyclic amines) is 1. The molecular weight excluding hydrogens is 236 g/mol. The molecular formula is C13H17ClN2O. The molecule has 0 aliphatic carbocycles. The summed E-state index contributed by atoms with van der Waals surface area (Å²) in [5, 5.41) is 4.11. The molecule has 1 aromatic rings. The minimum absolute atomic E-state index is 0.196. The maximum Gasteiger partial charge on any atom is 0.224 e. The Kier molecular flexibility index (Phi) is 3.57. The summed E-state index contributed by atoms with van der Waals surface area (Å²) in [6.07, 6.45) is 0.569. The molecule has 0 aromatic heterocycles. The minimum Gasteiger partial charge on any atom is -0.380 e. The fourth-order valence-corrected chi connectivity index (χ4v) is 2.27. The van der Waals surface area contributed by atoms with Crippen LogP contribution in [0, 0.1) is 6.92 Å². The van der Waals surface area contributed by atoms with Gasteiger partial charge in [-0.2, -0.15) is 0 Å². The number of halogens is 1. The van der Waals surface area contributed by atoms with E-state index in [1.807, 2.05) is 36.9 Å². The molecule has 1 aliphatic heterocycles. The maximum absolute atomic E-state index is 11.6. The van der Waals surface area contributed by atoms with Crippen LogP contribution in [0.25, 0.3) is 0 Å². The third kappa shape index (κ3) is 2.72. The molecule has 0 spiro atoms. The lowest BCUT2D eigenvalue weighted by molar-refractivity contribution is -0.127. The van der Waals surface area contributed by atoms with Gasteiger partial charge in [0.15, 0.2) is 0 Å². The predicted molar refractivity (Wildman–Crippen MR) is 70.5 cm³/mol. The van der Waals surface area contributed by atoms with Crippen molar-refractivity contribution in [1.29, 1.82) is 0 Å². The van der Waals surface area contributed by atoms with Gasteiger partial charge in [-0.1, -0.05) is 17.7 Å². The number of likely N-dealkylation sites (N-methyl/N-ethyl adjacent to an activating group) is 1. The second kappa shape index (κ2) is 4.96. The van der Waals surface area contributed by atoms with Gasteiger partial charge in [-0.25, -0.2) is 0 Å². The molecule has 1 aliphatic rings. The number of amides is 1. The summed E-state index contributed by atoms with van der Waals surface area (Å²) in [5.41, 5.74) is 2.05. The Bertz CT molecular complexity index is 433. The summed E-state index contributed by atoms with van der Waals surface area (Å²) in [5.74, 6) is 0.225. The van der Waals surface area contributed by atoms with Crippen molar-refractivity contribution in [1.82, 2.24) is 4.90 Å². The smallest absolute Gasteiger partial charge is 0.224 e. The standard InChI is InChI=1S/C13H17ClN2O/c1-3-16-8-11(7-13(16)17)15-10-5-4-9(2)12(14)6-10/h4-6,11,15H,3,7-8H2,1-2H3. The monoisotopic (exact) mass is 252 g/mol. The van der Waals surface area contributed by atoms with Gasteiger partial charge < -0.3 is 10.2 Å². The molecule has 1 N–H and O–H groups in total. The van der Waals surface area contributed by atoms with Gasteiger partial charge in [-0.05, 0) is 31.5 Å². The molecule has 1 saturated heterocycles. The van der Waals surface area contributed by atoms with E-state index in [-0.39, 0.29) is 11.9 Å². The molecule has 1 unspecified atom stereocenters. The summed E-state index contributed by atoms with van der Waals surface area (Å²) in [7, 11) is 0. The Labute approximate surface area is 107 Å². The Balaban J connectivity index is 2.02. The van der Waals surface area contributed by atoms with E-state index >= 15 is 0 Å². The molecule has 1 atom stereocenters. The summed E-state index contributed by atoms with van der Waals surface area (Å²) >= 11 is 6.07. The number of nitrogens with zero attached hydrogens (tertiary/aromatic N) is 1. The van der Waals surface area contributed by atoms with E-state index in [1.54, 1.807) is 0 Å². The topological polar surface area (TPSA) is 32.3 Å². The van der Waals surface area contributed by atoms with Crippen LogP contribution >= 0.6 is 11.6 Å². The number of carbonyl (C=O) groups excluding carboxylic acids is 1. The van der Waals surface area contributed by atoms with Crippen molar-refractivity contribution in [2.45, 2.75) is 26.3 Å². The zero-order valence-electron chi connectivity index (χ0n) is 10.2. The highest BCUT2D eigenvalue weighted by Crippen LogP contribution is 2.22. The van der Waals surface area contributed by atoms with E-state index in [9.17, 15) is 4.79 Å². The van der Waals surface area contributed by atoms with E-state index in [4.69, 9.17) is 11.6 Å². The van der Waals surface area contributed by atoms with Crippen molar-refractivity contribution in [2.24, 2.45) is 0 Å². The number of hydrogen-bond donors (Lipinski definition) is 1. The second-order valence-electron chi connectivity index (χ2n) is 4.44. The van der Waals surface area contributed by atoms with Crippen LogP contribution in [0.2, 0.25) is 5.02 Å². The fourth-order valence-electron chi connectivity index (χ4n) is 2.09. The molecule has 1 amide bonds. The number of carbonyl (C=O) groups is 1. The van der Waals surface area contributed by atoms with Crippen molar-refractivity contribution >= 4 is 23.2 Å². The normalized spacial score (nSPS) is 19.8. The number of benzene rings is 1. The van der Waals surface area contributed by atoms with Gasteiger partial charge in [0.25, 0.3) is 0 Å². The van der Waals surface area contributed by atoms with Gasteiger partial charge in [0, 0.05) is 30.2 Å². The van der Waals surface area contributed by atoms with Gasteiger partial charge in [0.05, 0.1) is 6.04 Å². The number of anilines is 1. The van der Waals surface area contributed by atoms with Crippen molar-refractivity contribution in [3.63, 3.8) is 0 Å². The molecule has 92 valence electrons. The average molecular weight is 253 g/mol. The zero-order chi connectivity index (χ0) is 12.4. The zero-order valence-corrected chi connectivity index (χ0v) is 10.9. The first-order valence-corrected chi connectivity index (χ1v) is 6.28. The average Bonchev–Trinajstić information content (AvgIpc) is 2.64. The van der Waals surface area contributed by atoms with E-state index in [0.717, 1.165) is 29.4 Å². The van der Waals surface area contributed by atoms with Crippen molar-refractivity contribution in [3.05, 3.63) is 28.8 Å². The van der Waals surface area contributed by atoms with Crippen LogP contribution in [0.4, 0.5) is 5.69 Å². The highest BCUT2D eigenvalue weighted by Gasteiger charge is 2.28. The first-order chi connectivity index (χ1) is 8.10. The van der Waals surface area contributed by atoms with Gasteiger partial charge >= 0.3 is 0 Å². The first-order valence-electron chi connectivity index (χ1n) is 5.90. The molecule has 2 rings (SSSR count). The summed E-state index contributed by atoms with van der Waals surface area (Å²) in [4.78, 5) is 13.5. The minimum atomic E-state index is 0.196. The molecule has 1 aromatic carbocycles. The molecule has 17 heavy (non-hydrogen) atoms. The first kappa shape index (κ1) is 12.2. The van der Waals surface area contributed by atoms with E-state index in [0.29, 0.717) is 6.42 Å². The lowest BCUT2D eigenvalue weighted by Crippen LogP contribution is -2.27. The van der Waals surface area contributed by atoms with Gasteiger partial charge in [0.2, 0.25) is 5.91 Å². The van der Waals surface area contributed by atoms with Gasteiger partial charge in [-0.15, -0.1) is 0 Å². The molecule has 3 nitrogen and oxygen atoms in total. The fraction of sp³-hybridized carbons (Fsp3) is 0.462.